The zero-order chi connectivity index (χ0) is 14.7. The molecular formula is C17H17NO3. The molecule has 1 aliphatic heterocycles. The molecule has 108 valence electrons. The van der Waals surface area contributed by atoms with Crippen molar-refractivity contribution in [3.05, 3.63) is 59.7 Å². The number of anilines is 1. The van der Waals surface area contributed by atoms with E-state index in [1.165, 1.54) is 0 Å². The first-order chi connectivity index (χ1) is 10.2. The van der Waals surface area contributed by atoms with E-state index in [2.05, 4.69) is 0 Å². The van der Waals surface area contributed by atoms with Gasteiger partial charge in [-0.15, -0.1) is 0 Å². The van der Waals surface area contributed by atoms with E-state index in [0.717, 1.165) is 29.7 Å². The van der Waals surface area contributed by atoms with Gasteiger partial charge in [-0.1, -0.05) is 30.3 Å². The number of hydrogen-bond donors (Lipinski definition) is 1. The second-order valence-corrected chi connectivity index (χ2v) is 5.11. The lowest BCUT2D eigenvalue weighted by atomic mass is 10.0. The third-order valence-corrected chi connectivity index (χ3v) is 3.61. The summed E-state index contributed by atoms with van der Waals surface area (Å²) in [6, 6.07) is 14.7. The van der Waals surface area contributed by atoms with Gasteiger partial charge in [-0.05, 0) is 42.2 Å². The van der Waals surface area contributed by atoms with E-state index in [4.69, 9.17) is 4.74 Å². The van der Waals surface area contributed by atoms with Crippen molar-refractivity contribution in [1.29, 1.82) is 0 Å². The Hall–Kier alpha value is -2.49. The van der Waals surface area contributed by atoms with Gasteiger partial charge in [0.05, 0.1) is 5.69 Å². The maximum atomic E-state index is 12.3. The quantitative estimate of drug-likeness (QED) is 0.918. The van der Waals surface area contributed by atoms with Crippen molar-refractivity contribution >= 4 is 11.8 Å². The number of hydrogen-bond acceptors (Lipinski definition) is 3. The molecule has 3 rings (SSSR count). The molecule has 0 aromatic heterocycles. The van der Waals surface area contributed by atoms with Gasteiger partial charge in [-0.25, -0.2) is 4.79 Å². The first kappa shape index (κ1) is 13.5. The van der Waals surface area contributed by atoms with Crippen molar-refractivity contribution in [2.24, 2.45) is 0 Å². The largest absolute Gasteiger partial charge is 0.508 e. The Morgan fingerprint density at radius 2 is 2.00 bits per heavy atom. The second kappa shape index (κ2) is 5.87. The summed E-state index contributed by atoms with van der Waals surface area (Å²) < 4.78 is 5.38. The molecule has 0 saturated carbocycles. The maximum Gasteiger partial charge on any atom is 0.414 e. The highest BCUT2D eigenvalue weighted by atomic mass is 16.6. The minimum Gasteiger partial charge on any atom is -0.508 e. The fraction of sp³-hybridized carbons (Fsp3) is 0.235. The predicted octanol–water partition coefficient (Wildman–Crippen LogP) is 3.48. The number of phenolic OH excluding ortho intramolecular Hbond substituents is 1. The maximum absolute atomic E-state index is 12.3. The molecule has 0 bridgehead atoms. The van der Waals surface area contributed by atoms with Crippen LogP contribution in [0, 0.1) is 0 Å². The summed E-state index contributed by atoms with van der Waals surface area (Å²) in [4.78, 5) is 13.9. The van der Waals surface area contributed by atoms with Gasteiger partial charge in [0.2, 0.25) is 0 Å². The van der Waals surface area contributed by atoms with Crippen LogP contribution in [0.5, 0.6) is 5.75 Å². The third-order valence-electron chi connectivity index (χ3n) is 3.61. The molecule has 1 heterocycles. The fourth-order valence-corrected chi connectivity index (χ4v) is 2.57. The van der Waals surface area contributed by atoms with E-state index in [-0.39, 0.29) is 18.4 Å². The highest BCUT2D eigenvalue weighted by Gasteiger charge is 2.23. The topological polar surface area (TPSA) is 49.8 Å². The van der Waals surface area contributed by atoms with E-state index in [9.17, 15) is 9.90 Å². The number of nitrogens with zero attached hydrogens (tertiary/aromatic N) is 1. The van der Waals surface area contributed by atoms with Crippen LogP contribution in [0.15, 0.2) is 48.5 Å². The predicted molar refractivity (Wildman–Crippen MR) is 80.4 cm³/mol. The molecular weight excluding hydrogens is 266 g/mol. The summed E-state index contributed by atoms with van der Waals surface area (Å²) >= 11 is 0. The molecule has 21 heavy (non-hydrogen) atoms. The highest BCUT2D eigenvalue weighted by molar-refractivity contribution is 5.89. The molecule has 0 saturated heterocycles. The first-order valence-corrected chi connectivity index (χ1v) is 7.04. The Morgan fingerprint density at radius 1 is 1.19 bits per heavy atom. The number of carbonyl (C=O) groups excluding carboxylic acids is 1. The summed E-state index contributed by atoms with van der Waals surface area (Å²) in [5.74, 6) is 0.230. The van der Waals surface area contributed by atoms with E-state index in [0.29, 0.717) is 6.54 Å². The molecule has 1 N–H and O–H groups in total. The zero-order valence-electron chi connectivity index (χ0n) is 11.7. The van der Waals surface area contributed by atoms with Gasteiger partial charge in [0, 0.05) is 6.54 Å². The van der Waals surface area contributed by atoms with Gasteiger partial charge in [0.1, 0.15) is 12.4 Å². The monoisotopic (exact) mass is 283 g/mol. The van der Waals surface area contributed by atoms with Crippen LogP contribution in [-0.2, 0) is 17.8 Å². The standard InChI is InChI=1S/C17H17NO3/c19-15-8-9-16-14(11-15)7-4-10-18(16)17(20)21-12-13-5-2-1-3-6-13/h1-3,5-6,8-9,11,19H,4,7,10,12H2. The van der Waals surface area contributed by atoms with E-state index >= 15 is 0 Å². The molecule has 2 aromatic rings. The molecule has 1 amide bonds. The average Bonchev–Trinajstić information content (AvgIpc) is 2.52. The normalized spacial score (nSPS) is 13.6. The smallest absolute Gasteiger partial charge is 0.414 e. The highest BCUT2D eigenvalue weighted by Crippen LogP contribution is 2.30. The molecule has 0 spiro atoms. The molecule has 4 nitrogen and oxygen atoms in total. The molecule has 2 aromatic carbocycles. The number of phenols is 1. The molecule has 1 aliphatic rings. The number of benzene rings is 2. The summed E-state index contributed by atoms with van der Waals surface area (Å²) in [5.41, 5.74) is 2.78. The average molecular weight is 283 g/mol. The Labute approximate surface area is 123 Å². The molecule has 0 atom stereocenters. The summed E-state index contributed by atoms with van der Waals surface area (Å²) in [7, 11) is 0. The Morgan fingerprint density at radius 3 is 2.81 bits per heavy atom. The SMILES string of the molecule is O=C(OCc1ccccc1)N1CCCc2cc(O)ccc21. The number of fused-ring (bicyclic) bond motifs is 1. The minimum atomic E-state index is -0.342. The van der Waals surface area contributed by atoms with Crippen LogP contribution in [0.2, 0.25) is 0 Å². The summed E-state index contributed by atoms with van der Waals surface area (Å²) in [5, 5.41) is 9.53. The molecule has 0 fully saturated rings. The lowest BCUT2D eigenvalue weighted by molar-refractivity contribution is 0.146. The lowest BCUT2D eigenvalue weighted by Crippen LogP contribution is -2.35. The number of rotatable bonds is 2. The van der Waals surface area contributed by atoms with Crippen LogP contribution in [0.4, 0.5) is 10.5 Å². The molecule has 0 aliphatic carbocycles. The Bertz CT molecular complexity index is 640. The summed E-state index contributed by atoms with van der Waals surface area (Å²) in [6.45, 7) is 0.912. The molecule has 0 unspecified atom stereocenters. The van der Waals surface area contributed by atoms with E-state index in [1.54, 1.807) is 23.1 Å². The van der Waals surface area contributed by atoms with Crippen molar-refractivity contribution in [1.82, 2.24) is 0 Å². The molecule has 0 radical (unpaired) electrons. The molecule has 4 heteroatoms. The van der Waals surface area contributed by atoms with Crippen molar-refractivity contribution in [3.63, 3.8) is 0 Å². The van der Waals surface area contributed by atoms with Gasteiger partial charge in [0.15, 0.2) is 0 Å². The van der Waals surface area contributed by atoms with Gasteiger partial charge in [0.25, 0.3) is 0 Å². The van der Waals surface area contributed by atoms with Crippen molar-refractivity contribution in [2.75, 3.05) is 11.4 Å². The number of aryl methyl sites for hydroxylation is 1. The number of ether oxygens (including phenoxy) is 1. The fourth-order valence-electron chi connectivity index (χ4n) is 2.57. The first-order valence-electron chi connectivity index (χ1n) is 7.04. The number of amides is 1. The van der Waals surface area contributed by atoms with Gasteiger partial charge in [-0.2, -0.15) is 0 Å². The lowest BCUT2D eigenvalue weighted by Gasteiger charge is -2.28. The zero-order valence-corrected chi connectivity index (χ0v) is 11.7. The van der Waals surface area contributed by atoms with E-state index < -0.39 is 0 Å². The van der Waals surface area contributed by atoms with Gasteiger partial charge in [-0.3, -0.25) is 4.90 Å². The van der Waals surface area contributed by atoms with E-state index in [1.807, 2.05) is 30.3 Å². The van der Waals surface area contributed by atoms with Crippen LogP contribution in [0.1, 0.15) is 17.5 Å². The Balaban J connectivity index is 1.71. The van der Waals surface area contributed by atoms with Crippen LogP contribution in [-0.4, -0.2) is 17.7 Å². The second-order valence-electron chi connectivity index (χ2n) is 5.11. The minimum absolute atomic E-state index is 0.230. The van der Waals surface area contributed by atoms with Crippen molar-refractivity contribution in [2.45, 2.75) is 19.4 Å². The third kappa shape index (κ3) is 2.99. The van der Waals surface area contributed by atoms with Crippen LogP contribution in [0.3, 0.4) is 0 Å². The number of carbonyl (C=O) groups is 1. The van der Waals surface area contributed by atoms with Crippen LogP contribution >= 0.6 is 0 Å². The van der Waals surface area contributed by atoms with Crippen LogP contribution in [0.25, 0.3) is 0 Å². The number of aromatic hydroxyl groups is 1. The van der Waals surface area contributed by atoms with Gasteiger partial charge >= 0.3 is 6.09 Å². The van der Waals surface area contributed by atoms with Crippen molar-refractivity contribution in [3.8, 4) is 5.75 Å². The summed E-state index contributed by atoms with van der Waals surface area (Å²) in [6.07, 6.45) is 1.40. The van der Waals surface area contributed by atoms with Gasteiger partial charge < -0.3 is 9.84 Å². The van der Waals surface area contributed by atoms with Crippen LogP contribution < -0.4 is 4.90 Å². The Kier molecular flexibility index (Phi) is 3.77. The van der Waals surface area contributed by atoms with Crippen molar-refractivity contribution < 1.29 is 14.6 Å².